The monoisotopic (exact) mass is 278 g/mol. The Morgan fingerprint density at radius 2 is 2.00 bits per heavy atom. The predicted octanol–water partition coefficient (Wildman–Crippen LogP) is 2.62. The molecule has 1 aromatic carbocycles. The van der Waals surface area contributed by atoms with Crippen LogP contribution in [-0.2, 0) is 20.9 Å². The molecule has 0 saturated carbocycles. The summed E-state index contributed by atoms with van der Waals surface area (Å²) in [6.45, 7) is 2.05. The number of ether oxygens (including phenoxy) is 2. The third-order valence-corrected chi connectivity index (χ3v) is 2.29. The second-order valence-corrected chi connectivity index (χ2v) is 3.79. The first-order valence-corrected chi connectivity index (χ1v) is 6.19. The number of hydrogen-bond acceptors (Lipinski definition) is 6. The van der Waals surface area contributed by atoms with Crippen LogP contribution in [0, 0.1) is 0 Å². The minimum absolute atomic E-state index is 0.137. The Morgan fingerprint density at radius 1 is 1.30 bits per heavy atom. The highest BCUT2D eigenvalue weighted by atomic mass is 16.5. The zero-order valence-electron chi connectivity index (χ0n) is 11.6. The van der Waals surface area contributed by atoms with Gasteiger partial charge in [0.2, 0.25) is 5.70 Å². The fourth-order valence-electron chi connectivity index (χ4n) is 1.42. The van der Waals surface area contributed by atoms with Gasteiger partial charge in [-0.3, -0.25) is 0 Å². The molecule has 108 valence electrons. The van der Waals surface area contributed by atoms with E-state index in [1.165, 1.54) is 7.05 Å². The molecule has 0 aliphatic carbocycles. The SMILES string of the molecule is CCOC(=O)C(N=NC)=C(O)COCc1ccccc1. The average molecular weight is 278 g/mol. The molecule has 0 unspecified atom stereocenters. The van der Waals surface area contributed by atoms with Gasteiger partial charge in [-0.05, 0) is 12.5 Å². The number of esters is 1. The molecule has 0 radical (unpaired) electrons. The van der Waals surface area contributed by atoms with Gasteiger partial charge in [0.05, 0.1) is 13.2 Å². The highest BCUT2D eigenvalue weighted by Gasteiger charge is 2.16. The summed E-state index contributed by atoms with van der Waals surface area (Å²) in [5.74, 6) is -1.02. The maximum atomic E-state index is 11.6. The van der Waals surface area contributed by atoms with Crippen molar-refractivity contribution in [2.75, 3.05) is 20.3 Å². The summed E-state index contributed by atoms with van der Waals surface area (Å²) >= 11 is 0. The van der Waals surface area contributed by atoms with Crippen LogP contribution < -0.4 is 0 Å². The molecule has 6 heteroatoms. The van der Waals surface area contributed by atoms with Crippen LogP contribution in [0.25, 0.3) is 0 Å². The molecule has 0 bridgehead atoms. The van der Waals surface area contributed by atoms with E-state index in [0.717, 1.165) is 5.56 Å². The lowest BCUT2D eigenvalue weighted by molar-refractivity contribution is -0.138. The minimum atomic E-state index is -0.723. The van der Waals surface area contributed by atoms with E-state index in [-0.39, 0.29) is 24.7 Å². The molecular weight excluding hydrogens is 260 g/mol. The number of hydrogen-bond donors (Lipinski definition) is 1. The molecule has 1 rings (SSSR count). The molecule has 6 nitrogen and oxygen atoms in total. The van der Waals surface area contributed by atoms with Crippen LogP contribution in [0.2, 0.25) is 0 Å². The molecule has 1 N–H and O–H groups in total. The van der Waals surface area contributed by atoms with E-state index in [4.69, 9.17) is 9.47 Å². The topological polar surface area (TPSA) is 80.5 Å². The van der Waals surface area contributed by atoms with Gasteiger partial charge in [-0.15, -0.1) is 5.11 Å². The van der Waals surface area contributed by atoms with Gasteiger partial charge in [-0.25, -0.2) is 4.79 Å². The van der Waals surface area contributed by atoms with Gasteiger partial charge < -0.3 is 14.6 Å². The molecule has 0 fully saturated rings. The van der Waals surface area contributed by atoms with Crippen LogP contribution in [-0.4, -0.2) is 31.3 Å². The molecule has 0 amide bonds. The van der Waals surface area contributed by atoms with Crippen molar-refractivity contribution in [1.29, 1.82) is 0 Å². The molecule has 0 spiro atoms. The summed E-state index contributed by atoms with van der Waals surface area (Å²) in [6, 6.07) is 9.49. The van der Waals surface area contributed by atoms with E-state index in [1.807, 2.05) is 30.3 Å². The zero-order valence-corrected chi connectivity index (χ0v) is 11.6. The Bertz CT molecular complexity index is 483. The minimum Gasteiger partial charge on any atom is -0.507 e. The first kappa shape index (κ1) is 15.8. The Hall–Kier alpha value is -2.21. The van der Waals surface area contributed by atoms with Crippen molar-refractivity contribution < 1.29 is 19.4 Å². The van der Waals surface area contributed by atoms with Gasteiger partial charge in [0, 0.05) is 7.05 Å². The van der Waals surface area contributed by atoms with Gasteiger partial charge in [-0.1, -0.05) is 30.3 Å². The molecule has 0 heterocycles. The number of rotatable bonds is 7. The number of nitrogens with zero attached hydrogens (tertiary/aromatic N) is 2. The van der Waals surface area contributed by atoms with E-state index in [2.05, 4.69) is 10.2 Å². The van der Waals surface area contributed by atoms with E-state index in [0.29, 0.717) is 6.61 Å². The third-order valence-electron chi connectivity index (χ3n) is 2.29. The molecule has 0 aliphatic heterocycles. The number of azo groups is 1. The molecule has 20 heavy (non-hydrogen) atoms. The first-order valence-electron chi connectivity index (χ1n) is 6.19. The number of aliphatic hydroxyl groups is 1. The third kappa shape index (κ3) is 5.19. The lowest BCUT2D eigenvalue weighted by Crippen LogP contribution is -2.11. The van der Waals surface area contributed by atoms with E-state index in [1.54, 1.807) is 6.92 Å². The van der Waals surface area contributed by atoms with Crippen molar-refractivity contribution in [2.24, 2.45) is 10.2 Å². The van der Waals surface area contributed by atoms with Crippen molar-refractivity contribution in [3.8, 4) is 0 Å². The van der Waals surface area contributed by atoms with Crippen molar-refractivity contribution in [1.82, 2.24) is 0 Å². The fourth-order valence-corrected chi connectivity index (χ4v) is 1.42. The predicted molar refractivity (Wildman–Crippen MR) is 73.2 cm³/mol. The maximum Gasteiger partial charge on any atom is 0.362 e. The molecule has 1 aromatic rings. The molecular formula is C14H18N2O4. The summed E-state index contributed by atoms with van der Waals surface area (Å²) in [5, 5.41) is 16.9. The smallest absolute Gasteiger partial charge is 0.362 e. The van der Waals surface area contributed by atoms with Crippen molar-refractivity contribution in [2.45, 2.75) is 13.5 Å². The van der Waals surface area contributed by atoms with Gasteiger partial charge in [0.1, 0.15) is 6.61 Å². The zero-order chi connectivity index (χ0) is 14.8. The van der Waals surface area contributed by atoms with Crippen molar-refractivity contribution >= 4 is 5.97 Å². The second kappa shape index (κ2) is 8.82. The van der Waals surface area contributed by atoms with Gasteiger partial charge in [0.25, 0.3) is 0 Å². The summed E-state index contributed by atoms with van der Waals surface area (Å²) in [6.07, 6.45) is 0. The summed E-state index contributed by atoms with van der Waals surface area (Å²) in [4.78, 5) is 11.6. The molecule has 0 saturated heterocycles. The van der Waals surface area contributed by atoms with Gasteiger partial charge in [-0.2, -0.15) is 5.11 Å². The van der Waals surface area contributed by atoms with E-state index in [9.17, 15) is 9.90 Å². The number of carbonyl (C=O) groups excluding carboxylic acids is 1. The molecule has 0 aromatic heterocycles. The van der Waals surface area contributed by atoms with Crippen LogP contribution in [0.1, 0.15) is 12.5 Å². The normalized spacial score (nSPS) is 12.3. The van der Waals surface area contributed by atoms with Crippen LogP contribution in [0.15, 0.2) is 52.0 Å². The van der Waals surface area contributed by atoms with Gasteiger partial charge in [0.15, 0.2) is 5.76 Å². The lowest BCUT2D eigenvalue weighted by atomic mass is 10.2. The Morgan fingerprint density at radius 3 is 2.60 bits per heavy atom. The first-order chi connectivity index (χ1) is 9.69. The highest BCUT2D eigenvalue weighted by molar-refractivity contribution is 5.88. The highest BCUT2D eigenvalue weighted by Crippen LogP contribution is 2.09. The molecule has 0 atom stereocenters. The van der Waals surface area contributed by atoms with E-state index < -0.39 is 5.97 Å². The van der Waals surface area contributed by atoms with Gasteiger partial charge >= 0.3 is 5.97 Å². The maximum absolute atomic E-state index is 11.6. The van der Waals surface area contributed by atoms with Crippen molar-refractivity contribution in [3.05, 3.63) is 47.4 Å². The standard InChI is InChI=1S/C14H18N2O4/c1-3-20-14(18)13(16-15-2)12(17)10-19-9-11-7-5-4-6-8-11/h4-8,17H,3,9-10H2,1-2H3. The summed E-state index contributed by atoms with van der Waals surface area (Å²) in [7, 11) is 1.40. The van der Waals surface area contributed by atoms with Crippen LogP contribution in [0.3, 0.4) is 0 Å². The number of aliphatic hydroxyl groups excluding tert-OH is 1. The fraction of sp³-hybridized carbons (Fsp3) is 0.357. The lowest BCUT2D eigenvalue weighted by Gasteiger charge is -2.06. The Kier molecular flexibility index (Phi) is 6.99. The number of benzene rings is 1. The number of carbonyl (C=O) groups is 1. The van der Waals surface area contributed by atoms with E-state index >= 15 is 0 Å². The average Bonchev–Trinajstić information content (AvgIpc) is 2.46. The van der Waals surface area contributed by atoms with Crippen molar-refractivity contribution in [3.63, 3.8) is 0 Å². The Balaban J connectivity index is 2.62. The van der Waals surface area contributed by atoms with Crippen LogP contribution in [0.4, 0.5) is 0 Å². The Labute approximate surface area is 117 Å². The summed E-state index contributed by atoms with van der Waals surface area (Å²) < 4.78 is 10.1. The largest absolute Gasteiger partial charge is 0.507 e. The second-order valence-electron chi connectivity index (χ2n) is 3.79. The summed E-state index contributed by atoms with van der Waals surface area (Å²) in [5.41, 5.74) is 0.734. The molecule has 0 aliphatic rings. The quantitative estimate of drug-likeness (QED) is 0.360. The van der Waals surface area contributed by atoms with Crippen LogP contribution >= 0.6 is 0 Å². The van der Waals surface area contributed by atoms with Crippen LogP contribution in [0.5, 0.6) is 0 Å².